The number of nitrogens with zero attached hydrogens (tertiary/aromatic N) is 2. The summed E-state index contributed by atoms with van der Waals surface area (Å²) in [6.07, 6.45) is 0.759. The van der Waals surface area contributed by atoms with Crippen molar-refractivity contribution in [2.45, 2.75) is 27.7 Å². The Balaban J connectivity index is 2.56. The van der Waals surface area contributed by atoms with Crippen LogP contribution in [0.15, 0.2) is 18.2 Å². The molecule has 0 aliphatic rings. The lowest BCUT2D eigenvalue weighted by Gasteiger charge is -2.18. The van der Waals surface area contributed by atoms with Gasteiger partial charge in [-0.3, -0.25) is 9.59 Å². The minimum Gasteiger partial charge on any atom is -0.310 e. The third kappa shape index (κ3) is 2.82. The summed E-state index contributed by atoms with van der Waals surface area (Å²) >= 11 is 0. The lowest BCUT2D eigenvalue weighted by molar-refractivity contribution is -0.123. The van der Waals surface area contributed by atoms with Gasteiger partial charge in [0, 0.05) is 16.4 Å². The Morgan fingerprint density at radius 3 is 2.55 bits per heavy atom. The van der Waals surface area contributed by atoms with E-state index in [-0.39, 0.29) is 5.91 Å². The number of aryl methyl sites for hydroxylation is 1. The van der Waals surface area contributed by atoms with Crippen LogP contribution >= 0.6 is 0 Å². The quantitative estimate of drug-likeness (QED) is 0.852. The highest BCUT2D eigenvalue weighted by molar-refractivity contribution is 6.02. The number of aromatic nitrogens is 2. The molecule has 0 saturated heterocycles. The summed E-state index contributed by atoms with van der Waals surface area (Å²) in [5, 5.41) is 3.48. The molecule has 1 aromatic heterocycles. The Bertz CT molecular complexity index is 687. The van der Waals surface area contributed by atoms with E-state index in [0.29, 0.717) is 28.1 Å². The van der Waals surface area contributed by atoms with Gasteiger partial charge in [-0.05, 0) is 25.1 Å². The molecule has 0 radical (unpaired) electrons. The normalized spacial score (nSPS) is 11.4. The molecule has 0 saturated carbocycles. The zero-order chi connectivity index (χ0) is 14.9. The molecular weight excluding hydrogens is 254 g/mol. The van der Waals surface area contributed by atoms with Crippen LogP contribution in [0.25, 0.3) is 10.9 Å². The molecule has 0 aliphatic carbocycles. The molecule has 1 aromatic carbocycles. The van der Waals surface area contributed by atoms with E-state index in [4.69, 9.17) is 0 Å². The van der Waals surface area contributed by atoms with Crippen LogP contribution in [0.2, 0.25) is 0 Å². The van der Waals surface area contributed by atoms with Gasteiger partial charge in [-0.15, -0.1) is 0 Å². The van der Waals surface area contributed by atoms with Gasteiger partial charge in [0.05, 0.1) is 5.52 Å². The van der Waals surface area contributed by atoms with E-state index >= 15 is 0 Å². The lowest BCUT2D eigenvalue weighted by Crippen LogP contribution is -2.28. The predicted molar refractivity (Wildman–Crippen MR) is 77.7 cm³/mol. The van der Waals surface area contributed by atoms with Gasteiger partial charge in [0.1, 0.15) is 17.9 Å². The van der Waals surface area contributed by atoms with Gasteiger partial charge in [-0.1, -0.05) is 20.8 Å². The highest BCUT2D eigenvalue weighted by Crippen LogP contribution is 2.24. The van der Waals surface area contributed by atoms with Gasteiger partial charge in [-0.2, -0.15) is 0 Å². The number of hydrogen-bond donors (Lipinski definition) is 1. The Labute approximate surface area is 117 Å². The maximum absolute atomic E-state index is 12.1. The molecule has 1 heterocycles. The number of carbonyl (C=O) groups excluding carboxylic acids is 2. The van der Waals surface area contributed by atoms with Crippen LogP contribution < -0.4 is 5.32 Å². The third-order valence-electron chi connectivity index (χ3n) is 2.88. The van der Waals surface area contributed by atoms with Gasteiger partial charge in [0.2, 0.25) is 5.91 Å². The summed E-state index contributed by atoms with van der Waals surface area (Å²) in [7, 11) is 0. The van der Waals surface area contributed by atoms with Crippen molar-refractivity contribution in [1.29, 1.82) is 0 Å². The molecule has 0 spiro atoms. The molecule has 0 unspecified atom stereocenters. The molecule has 1 N–H and O–H groups in total. The molecule has 1 amide bonds. The fourth-order valence-corrected chi connectivity index (χ4v) is 1.73. The van der Waals surface area contributed by atoms with Crippen LogP contribution in [0.1, 0.15) is 37.0 Å². The number of nitrogens with one attached hydrogen (secondary N) is 1. The summed E-state index contributed by atoms with van der Waals surface area (Å²) in [5.41, 5.74) is 0.705. The minimum atomic E-state index is -0.520. The number of aldehydes is 1. The Morgan fingerprint density at radius 2 is 1.95 bits per heavy atom. The van der Waals surface area contributed by atoms with Crippen LogP contribution in [0.5, 0.6) is 0 Å². The van der Waals surface area contributed by atoms with E-state index in [1.54, 1.807) is 25.1 Å². The molecule has 0 fully saturated rings. The van der Waals surface area contributed by atoms with Crippen LogP contribution in [-0.4, -0.2) is 22.2 Å². The highest BCUT2D eigenvalue weighted by Gasteiger charge is 2.22. The summed E-state index contributed by atoms with van der Waals surface area (Å²) in [5.74, 6) is 0.880. The second-order valence-electron chi connectivity index (χ2n) is 5.72. The molecule has 0 atom stereocenters. The van der Waals surface area contributed by atoms with Crippen molar-refractivity contribution in [3.8, 4) is 0 Å². The first kappa shape index (κ1) is 14.1. The zero-order valence-corrected chi connectivity index (χ0v) is 12.0. The van der Waals surface area contributed by atoms with E-state index in [1.165, 1.54) is 0 Å². The predicted octanol–water partition coefficient (Wildman–Crippen LogP) is 2.74. The average Bonchev–Trinajstić information content (AvgIpc) is 2.37. The van der Waals surface area contributed by atoms with Gasteiger partial charge < -0.3 is 5.32 Å². The van der Waals surface area contributed by atoms with E-state index in [9.17, 15) is 9.59 Å². The lowest BCUT2D eigenvalue weighted by atomic mass is 9.95. The molecule has 5 heteroatoms. The van der Waals surface area contributed by atoms with Crippen LogP contribution in [-0.2, 0) is 4.79 Å². The topological polar surface area (TPSA) is 72.0 Å². The van der Waals surface area contributed by atoms with Crippen LogP contribution in [0.3, 0.4) is 0 Å². The number of anilines is 1. The van der Waals surface area contributed by atoms with E-state index in [1.807, 2.05) is 20.8 Å². The fourth-order valence-electron chi connectivity index (χ4n) is 1.73. The van der Waals surface area contributed by atoms with Crippen molar-refractivity contribution < 1.29 is 9.59 Å². The number of rotatable bonds is 2. The molecule has 0 aliphatic heterocycles. The Kier molecular flexibility index (Phi) is 3.53. The van der Waals surface area contributed by atoms with E-state index in [2.05, 4.69) is 15.3 Å². The van der Waals surface area contributed by atoms with Crippen molar-refractivity contribution >= 4 is 28.9 Å². The van der Waals surface area contributed by atoms with Crippen LogP contribution in [0, 0.1) is 12.3 Å². The van der Waals surface area contributed by atoms with Crippen molar-refractivity contribution in [2.24, 2.45) is 5.41 Å². The second-order valence-corrected chi connectivity index (χ2v) is 5.72. The van der Waals surface area contributed by atoms with Crippen LogP contribution in [0.4, 0.5) is 5.82 Å². The largest absolute Gasteiger partial charge is 0.310 e. The van der Waals surface area contributed by atoms with Crippen molar-refractivity contribution in [3.05, 3.63) is 29.6 Å². The smallest absolute Gasteiger partial charge is 0.230 e. The highest BCUT2D eigenvalue weighted by atomic mass is 16.2. The molecule has 104 valence electrons. The van der Waals surface area contributed by atoms with Crippen molar-refractivity contribution in [1.82, 2.24) is 9.97 Å². The minimum absolute atomic E-state index is 0.131. The molecule has 0 bridgehead atoms. The van der Waals surface area contributed by atoms with E-state index in [0.717, 1.165) is 6.29 Å². The fraction of sp³-hybridized carbons (Fsp3) is 0.333. The van der Waals surface area contributed by atoms with Gasteiger partial charge in [0.25, 0.3) is 0 Å². The maximum atomic E-state index is 12.1. The van der Waals surface area contributed by atoms with Crippen molar-refractivity contribution in [3.63, 3.8) is 0 Å². The van der Waals surface area contributed by atoms with E-state index < -0.39 is 5.41 Å². The number of hydrogen-bond acceptors (Lipinski definition) is 4. The molecule has 5 nitrogen and oxygen atoms in total. The Hall–Kier alpha value is -2.30. The monoisotopic (exact) mass is 271 g/mol. The first-order chi connectivity index (χ1) is 9.31. The molecule has 20 heavy (non-hydrogen) atoms. The number of fused-ring (bicyclic) bond motifs is 1. The average molecular weight is 271 g/mol. The summed E-state index contributed by atoms with van der Waals surface area (Å²) in [4.78, 5) is 31.6. The summed E-state index contributed by atoms with van der Waals surface area (Å²) in [6, 6.07) is 5.12. The third-order valence-corrected chi connectivity index (χ3v) is 2.88. The molecular formula is C15H17N3O2. The molecule has 2 rings (SSSR count). The van der Waals surface area contributed by atoms with Crippen molar-refractivity contribution in [2.75, 3.05) is 5.32 Å². The Morgan fingerprint density at radius 1 is 1.25 bits per heavy atom. The first-order valence-corrected chi connectivity index (χ1v) is 6.36. The van der Waals surface area contributed by atoms with Gasteiger partial charge in [0.15, 0.2) is 0 Å². The maximum Gasteiger partial charge on any atom is 0.230 e. The summed E-state index contributed by atoms with van der Waals surface area (Å²) < 4.78 is 0. The van der Waals surface area contributed by atoms with Gasteiger partial charge in [-0.25, -0.2) is 9.97 Å². The van der Waals surface area contributed by atoms with Gasteiger partial charge >= 0.3 is 0 Å². The first-order valence-electron chi connectivity index (χ1n) is 6.36. The second kappa shape index (κ2) is 5.00. The SMILES string of the molecule is Cc1nc(NC(=O)C(C)(C)C)c2cc(C=O)ccc2n1. The number of carbonyl (C=O) groups is 2. The molecule has 2 aromatic rings. The number of amides is 1. The standard InChI is InChI=1S/C15H17N3O2/c1-9-16-12-6-5-10(8-19)7-11(12)13(17-9)18-14(20)15(2,3)4/h5-8H,1-4H3,(H,16,17,18,20). The summed E-state index contributed by atoms with van der Waals surface area (Å²) in [6.45, 7) is 7.25. The zero-order valence-electron chi connectivity index (χ0n) is 12.0. The number of benzene rings is 1.